The average Bonchev–Trinajstić information content (AvgIpc) is 3.78. The quantitative estimate of drug-likeness (QED) is 0.117. The van der Waals surface area contributed by atoms with Crippen molar-refractivity contribution in [2.45, 2.75) is 180 Å². The molecule has 359 valence electrons. The molecule has 0 N–H and O–H groups in total. The molecule has 0 heterocycles. The third-order valence-electron chi connectivity index (χ3n) is 15.5. The van der Waals surface area contributed by atoms with Gasteiger partial charge in [0.25, 0.3) is 0 Å². The number of hydrogen-bond donors (Lipinski definition) is 0. The zero-order valence-corrected chi connectivity index (χ0v) is 54.9. The molecule has 4 aromatic carbocycles. The summed E-state index contributed by atoms with van der Waals surface area (Å²) in [5.41, 5.74) is 16.9. The zero-order chi connectivity index (χ0) is 49.7. The molecule has 66 heavy (non-hydrogen) atoms. The first-order valence-electron chi connectivity index (χ1n) is 25.6. The summed E-state index contributed by atoms with van der Waals surface area (Å²) in [6, 6.07) is 25.6. The molecule has 8 heteroatoms. The van der Waals surface area contributed by atoms with Crippen LogP contribution in [-0.2, 0) is 28.4 Å². The van der Waals surface area contributed by atoms with Gasteiger partial charge in [0.1, 0.15) is 0 Å². The first kappa shape index (κ1) is 54.2. The van der Waals surface area contributed by atoms with Crippen LogP contribution in [0.25, 0.3) is 34.4 Å². The second-order valence-electron chi connectivity index (χ2n) is 27.2. The Morgan fingerprint density at radius 1 is 0.485 bits per heavy atom. The molecule has 2 unspecified atom stereocenters. The fourth-order valence-corrected chi connectivity index (χ4v) is 47.6. The van der Waals surface area contributed by atoms with Gasteiger partial charge in [-0.15, -0.1) is 0 Å². The van der Waals surface area contributed by atoms with Gasteiger partial charge in [-0.1, -0.05) is 0 Å². The predicted octanol–water partition coefficient (Wildman–Crippen LogP) is 16.8. The summed E-state index contributed by atoms with van der Waals surface area (Å²) < 4.78 is 0.0216. The van der Waals surface area contributed by atoms with E-state index in [1.54, 1.807) is 20.7 Å². The van der Waals surface area contributed by atoms with Gasteiger partial charge in [0, 0.05) is 0 Å². The first-order chi connectivity index (χ1) is 30.0. The van der Waals surface area contributed by atoms with Gasteiger partial charge in [-0.05, 0) is 0 Å². The van der Waals surface area contributed by atoms with Gasteiger partial charge < -0.3 is 0 Å². The second kappa shape index (κ2) is 18.2. The van der Waals surface area contributed by atoms with E-state index in [1.807, 2.05) is 0 Å². The van der Waals surface area contributed by atoms with Crippen LogP contribution in [0.1, 0.15) is 109 Å². The van der Waals surface area contributed by atoms with E-state index in [1.165, 1.54) is 66.8 Å². The van der Waals surface area contributed by atoms with Crippen LogP contribution in [0.15, 0.2) is 71.8 Å². The molecular formula is C58H89Cl2Si5Zr. The topological polar surface area (TPSA) is 0 Å². The summed E-state index contributed by atoms with van der Waals surface area (Å²) in [6.07, 6.45) is 9.60. The predicted molar refractivity (Wildman–Crippen MR) is 315 cm³/mol. The van der Waals surface area contributed by atoms with Crippen molar-refractivity contribution >= 4 is 88.1 Å². The molecule has 6 rings (SSSR count). The molecular weight excluding hydrogens is 999 g/mol. The van der Waals surface area contributed by atoms with E-state index in [9.17, 15) is 17.0 Å². The standard InChI is InChI=1S/2C28H41Si2.C2H7Si.2ClH.Zr/c2*1-11-12-20-13-14-21-15-23(28(2,3)4)18-26(21)27(20)22-16-24(29(5,6)7)19-25(17-22)30(8,9)10;1-3-2;;;/h2*13-19H,11-12H2,1-10H3;3H,1-2H3;2*1H;/q;;;;;+2/p-2. The first-order valence-corrected chi connectivity index (χ1v) is 55.9. The van der Waals surface area contributed by atoms with Gasteiger partial charge in [-0.25, -0.2) is 0 Å². The summed E-state index contributed by atoms with van der Waals surface area (Å²) in [4.78, 5) is 0. The van der Waals surface area contributed by atoms with Crippen molar-refractivity contribution in [3.63, 3.8) is 0 Å². The van der Waals surface area contributed by atoms with Crippen LogP contribution >= 0.6 is 17.0 Å². The molecule has 0 saturated heterocycles. The van der Waals surface area contributed by atoms with Crippen molar-refractivity contribution in [1.29, 1.82) is 0 Å². The summed E-state index contributed by atoms with van der Waals surface area (Å²) >= 11 is -5.24. The van der Waals surface area contributed by atoms with Crippen LogP contribution < -0.4 is 20.7 Å². The number of allylic oxidation sites excluding steroid dienone is 2. The Labute approximate surface area is 418 Å². The maximum absolute atomic E-state index is 9.32. The molecule has 2 aliphatic carbocycles. The molecule has 0 aliphatic heterocycles. The van der Waals surface area contributed by atoms with E-state index in [4.69, 9.17) is 0 Å². The van der Waals surface area contributed by atoms with E-state index < -0.39 is 53.8 Å². The second-order valence-corrected chi connectivity index (χ2v) is 90.1. The SMILES string of the molecule is CCCc1ccc2c(c1-c1cc([Si](C)(C)C)cc([Si](C)(C)C)c1)C=C(C(C)(C)C)[CH]2[Zr]([Cl])([Cl])([CH]1C(C(C)(C)C)=Cc2c1ccc(CCC)c2-c1cc([Si](C)(C)C)cc([Si](C)(C)C)c1)[SiH](C)C. The minimum atomic E-state index is -5.24. The number of rotatable bonds is 13. The van der Waals surface area contributed by atoms with Gasteiger partial charge >= 0.3 is 422 Å². The summed E-state index contributed by atoms with van der Waals surface area (Å²) in [6.45, 7) is 54.5. The fourth-order valence-electron chi connectivity index (χ4n) is 11.2. The number of fused-ring (bicyclic) bond motifs is 2. The summed E-state index contributed by atoms with van der Waals surface area (Å²) in [5, 5.41) is 6.26. The maximum atomic E-state index is 9.32. The normalized spacial score (nSPS) is 18.0. The van der Waals surface area contributed by atoms with Crippen LogP contribution in [0, 0.1) is 10.8 Å². The van der Waals surface area contributed by atoms with E-state index >= 15 is 0 Å². The Bertz CT molecular complexity index is 2350. The van der Waals surface area contributed by atoms with Gasteiger partial charge in [0.15, 0.2) is 0 Å². The van der Waals surface area contributed by atoms with Crippen LogP contribution in [0.5, 0.6) is 0 Å². The number of hydrogen-bond acceptors (Lipinski definition) is 0. The molecule has 0 spiro atoms. The fraction of sp³-hybridized carbons (Fsp3) is 0.517. The third-order valence-corrected chi connectivity index (χ3v) is 75.1. The molecule has 2 atom stereocenters. The molecule has 0 bridgehead atoms. The zero-order valence-electron chi connectivity index (χ0n) is 45.7. The molecule has 0 saturated carbocycles. The molecule has 0 nitrogen and oxygen atoms in total. The van der Waals surface area contributed by atoms with E-state index in [2.05, 4.69) is 220 Å². The van der Waals surface area contributed by atoms with E-state index in [0.29, 0.717) is 0 Å². The van der Waals surface area contributed by atoms with Crippen molar-refractivity contribution in [2.75, 3.05) is 0 Å². The van der Waals surface area contributed by atoms with E-state index in [-0.39, 0.29) is 18.1 Å². The Kier molecular flexibility index (Phi) is 15.0. The monoisotopic (exact) mass is 1090 g/mol. The van der Waals surface area contributed by atoms with Gasteiger partial charge in [0.05, 0.1) is 0 Å². The van der Waals surface area contributed by atoms with Crippen LogP contribution in [0.2, 0.25) is 91.7 Å². The molecule has 4 aromatic rings. The number of aryl methyl sites for hydroxylation is 2. The van der Waals surface area contributed by atoms with Crippen molar-refractivity contribution in [2.24, 2.45) is 10.8 Å². The van der Waals surface area contributed by atoms with Gasteiger partial charge in [0.2, 0.25) is 0 Å². The Balaban J connectivity index is 1.76. The molecule has 0 amide bonds. The average molecular weight is 1090 g/mol. The van der Waals surface area contributed by atoms with E-state index in [0.717, 1.165) is 25.7 Å². The van der Waals surface area contributed by atoms with Gasteiger partial charge in [-0.2, -0.15) is 0 Å². The van der Waals surface area contributed by atoms with Crippen LogP contribution in [0.4, 0.5) is 0 Å². The summed E-state index contributed by atoms with van der Waals surface area (Å²) in [7, 11) is 12.0. The minimum absolute atomic E-state index is 0.0108. The molecule has 0 radical (unpaired) electrons. The van der Waals surface area contributed by atoms with Crippen molar-refractivity contribution in [3.8, 4) is 22.3 Å². The van der Waals surface area contributed by atoms with Crippen LogP contribution in [0.3, 0.4) is 0 Å². The van der Waals surface area contributed by atoms with Crippen molar-refractivity contribution in [1.82, 2.24) is 0 Å². The molecule has 0 aromatic heterocycles. The van der Waals surface area contributed by atoms with Crippen molar-refractivity contribution in [3.05, 3.63) is 105 Å². The molecule has 0 fully saturated rings. The number of halogens is 2. The number of benzene rings is 4. The summed E-state index contributed by atoms with van der Waals surface area (Å²) in [5.74, 6) is -1.83. The Morgan fingerprint density at radius 2 is 0.773 bits per heavy atom. The molecule has 2 aliphatic rings. The third kappa shape index (κ3) is 10.0. The van der Waals surface area contributed by atoms with Gasteiger partial charge in [-0.3, -0.25) is 0 Å². The Morgan fingerprint density at radius 3 is 1.00 bits per heavy atom. The Hall–Kier alpha value is -1.09. The van der Waals surface area contributed by atoms with Crippen LogP contribution in [-0.4, -0.2) is 38.2 Å². The van der Waals surface area contributed by atoms with Crippen molar-refractivity contribution < 1.29 is 15.6 Å².